The Balaban J connectivity index is 2.34. The van der Waals surface area contributed by atoms with Crippen molar-refractivity contribution in [3.63, 3.8) is 0 Å². The van der Waals surface area contributed by atoms with E-state index in [1.54, 1.807) is 19.3 Å². The van der Waals surface area contributed by atoms with Gasteiger partial charge in [0, 0.05) is 13.2 Å². The summed E-state index contributed by atoms with van der Waals surface area (Å²) in [7, 11) is 1.67. The maximum atomic E-state index is 11.8. The molecule has 3 nitrogen and oxygen atoms in total. The summed E-state index contributed by atoms with van der Waals surface area (Å²) < 4.78 is 0. The molecule has 1 heterocycles. The predicted molar refractivity (Wildman–Crippen MR) is 58.8 cm³/mol. The number of halogens is 1. The highest BCUT2D eigenvalue weighted by molar-refractivity contribution is 6.29. The molecule has 0 radical (unpaired) electrons. The normalized spacial score (nSPS) is 18.0. The van der Waals surface area contributed by atoms with E-state index in [2.05, 4.69) is 10.3 Å². The molecule has 0 unspecified atom stereocenters. The van der Waals surface area contributed by atoms with Crippen LogP contribution in [0.1, 0.15) is 24.8 Å². The van der Waals surface area contributed by atoms with Crippen LogP contribution in [-0.2, 0) is 10.2 Å². The molecule has 15 heavy (non-hydrogen) atoms. The molecule has 2 rings (SSSR count). The summed E-state index contributed by atoms with van der Waals surface area (Å²) in [6.45, 7) is 0. The van der Waals surface area contributed by atoms with Crippen molar-refractivity contribution in [3.8, 4) is 0 Å². The number of carbonyl (C=O) groups excluding carboxylic acids is 1. The minimum atomic E-state index is -0.355. The Kier molecular flexibility index (Phi) is 2.65. The topological polar surface area (TPSA) is 42.0 Å². The molecule has 1 fully saturated rings. The van der Waals surface area contributed by atoms with Crippen LogP contribution in [0.5, 0.6) is 0 Å². The number of amides is 1. The molecule has 0 saturated heterocycles. The number of likely N-dealkylation sites (N-methyl/N-ethyl adjacent to an activating group) is 1. The molecule has 1 aliphatic rings. The smallest absolute Gasteiger partial charge is 0.230 e. The average Bonchev–Trinajstić information content (AvgIpc) is 2.19. The first kappa shape index (κ1) is 10.4. The van der Waals surface area contributed by atoms with Crippen molar-refractivity contribution in [2.75, 3.05) is 7.05 Å². The third-order valence-electron chi connectivity index (χ3n) is 3.15. The standard InChI is InChI=1S/C11H13ClN2O/c1-13-10(15)11(5-2-6-11)8-3-4-9(12)14-7-8/h3-4,7H,2,5-6H2,1H3,(H,13,15). The molecule has 0 aliphatic heterocycles. The lowest BCUT2D eigenvalue weighted by Crippen LogP contribution is -2.48. The van der Waals surface area contributed by atoms with E-state index in [1.807, 2.05) is 6.07 Å². The highest BCUT2D eigenvalue weighted by Gasteiger charge is 2.45. The Morgan fingerprint density at radius 3 is 2.67 bits per heavy atom. The minimum Gasteiger partial charge on any atom is -0.358 e. The van der Waals surface area contributed by atoms with Gasteiger partial charge in [-0.25, -0.2) is 4.98 Å². The third-order valence-corrected chi connectivity index (χ3v) is 3.37. The molecule has 1 saturated carbocycles. The molecule has 1 aliphatic carbocycles. The Labute approximate surface area is 93.8 Å². The fraction of sp³-hybridized carbons (Fsp3) is 0.455. The average molecular weight is 225 g/mol. The quantitative estimate of drug-likeness (QED) is 0.780. The van der Waals surface area contributed by atoms with E-state index in [9.17, 15) is 4.79 Å². The molecule has 1 aromatic heterocycles. The van der Waals surface area contributed by atoms with E-state index in [0.717, 1.165) is 24.8 Å². The van der Waals surface area contributed by atoms with Crippen LogP contribution < -0.4 is 5.32 Å². The molecule has 80 valence electrons. The van der Waals surface area contributed by atoms with E-state index in [1.165, 1.54) is 0 Å². The lowest BCUT2D eigenvalue weighted by atomic mass is 9.64. The lowest BCUT2D eigenvalue weighted by Gasteiger charge is -2.40. The van der Waals surface area contributed by atoms with E-state index in [-0.39, 0.29) is 11.3 Å². The first-order chi connectivity index (χ1) is 7.19. The Bertz CT molecular complexity index is 371. The van der Waals surface area contributed by atoms with Crippen LogP contribution in [0, 0.1) is 0 Å². The second kappa shape index (κ2) is 3.81. The summed E-state index contributed by atoms with van der Waals surface area (Å²) in [6.07, 6.45) is 4.60. The van der Waals surface area contributed by atoms with E-state index in [4.69, 9.17) is 11.6 Å². The van der Waals surface area contributed by atoms with Gasteiger partial charge in [-0.15, -0.1) is 0 Å². The summed E-state index contributed by atoms with van der Waals surface area (Å²) in [5.74, 6) is 0.0814. The van der Waals surface area contributed by atoms with Crippen molar-refractivity contribution in [1.29, 1.82) is 0 Å². The van der Waals surface area contributed by atoms with Gasteiger partial charge < -0.3 is 5.32 Å². The number of hydrogen-bond acceptors (Lipinski definition) is 2. The van der Waals surface area contributed by atoms with Crippen molar-refractivity contribution in [2.24, 2.45) is 0 Å². The van der Waals surface area contributed by atoms with Gasteiger partial charge in [-0.2, -0.15) is 0 Å². The number of pyridine rings is 1. The summed E-state index contributed by atoms with van der Waals surface area (Å²) >= 11 is 5.72. The Hall–Kier alpha value is -1.09. The third kappa shape index (κ3) is 1.61. The van der Waals surface area contributed by atoms with Crippen LogP contribution in [-0.4, -0.2) is 17.9 Å². The van der Waals surface area contributed by atoms with Gasteiger partial charge in [-0.3, -0.25) is 4.79 Å². The van der Waals surface area contributed by atoms with Crippen molar-refractivity contribution in [3.05, 3.63) is 29.0 Å². The zero-order valence-corrected chi connectivity index (χ0v) is 9.34. The molecule has 1 N–H and O–H groups in total. The van der Waals surface area contributed by atoms with Crippen LogP contribution in [0.15, 0.2) is 18.3 Å². The zero-order valence-electron chi connectivity index (χ0n) is 8.59. The largest absolute Gasteiger partial charge is 0.358 e. The highest BCUT2D eigenvalue weighted by Crippen LogP contribution is 2.43. The van der Waals surface area contributed by atoms with Gasteiger partial charge in [0.25, 0.3) is 0 Å². The fourth-order valence-corrected chi connectivity index (χ4v) is 2.19. The molecule has 0 bridgehead atoms. The lowest BCUT2D eigenvalue weighted by molar-refractivity contribution is -0.129. The van der Waals surface area contributed by atoms with Gasteiger partial charge in [-0.1, -0.05) is 24.1 Å². The Morgan fingerprint density at radius 1 is 1.53 bits per heavy atom. The van der Waals surface area contributed by atoms with Gasteiger partial charge in [0.1, 0.15) is 5.15 Å². The maximum absolute atomic E-state index is 11.8. The number of hydrogen-bond donors (Lipinski definition) is 1. The minimum absolute atomic E-state index is 0.0814. The number of rotatable bonds is 2. The van der Waals surface area contributed by atoms with Crippen molar-refractivity contribution in [1.82, 2.24) is 10.3 Å². The van der Waals surface area contributed by atoms with Gasteiger partial charge in [-0.05, 0) is 24.5 Å². The molecular weight excluding hydrogens is 212 g/mol. The Morgan fingerprint density at radius 2 is 2.27 bits per heavy atom. The SMILES string of the molecule is CNC(=O)C1(c2ccc(Cl)nc2)CCC1. The second-order valence-electron chi connectivity index (χ2n) is 3.88. The highest BCUT2D eigenvalue weighted by atomic mass is 35.5. The van der Waals surface area contributed by atoms with Gasteiger partial charge >= 0.3 is 0 Å². The molecule has 0 spiro atoms. The summed E-state index contributed by atoms with van der Waals surface area (Å²) in [6, 6.07) is 3.63. The number of carbonyl (C=O) groups is 1. The van der Waals surface area contributed by atoms with Gasteiger partial charge in [0.05, 0.1) is 5.41 Å². The van der Waals surface area contributed by atoms with Crippen LogP contribution in [0.25, 0.3) is 0 Å². The zero-order chi connectivity index (χ0) is 10.9. The predicted octanol–water partition coefficient (Wildman–Crippen LogP) is 1.90. The van der Waals surface area contributed by atoms with Crippen LogP contribution in [0.3, 0.4) is 0 Å². The van der Waals surface area contributed by atoms with Gasteiger partial charge in [0.15, 0.2) is 0 Å². The maximum Gasteiger partial charge on any atom is 0.230 e. The molecular formula is C11H13ClN2O. The fourth-order valence-electron chi connectivity index (χ4n) is 2.08. The number of nitrogens with zero attached hydrogens (tertiary/aromatic N) is 1. The van der Waals surface area contributed by atoms with E-state index in [0.29, 0.717) is 5.15 Å². The van der Waals surface area contributed by atoms with Crippen LogP contribution in [0.4, 0.5) is 0 Å². The van der Waals surface area contributed by atoms with Crippen molar-refractivity contribution < 1.29 is 4.79 Å². The second-order valence-corrected chi connectivity index (χ2v) is 4.27. The van der Waals surface area contributed by atoms with E-state index >= 15 is 0 Å². The molecule has 0 atom stereocenters. The number of aromatic nitrogens is 1. The first-order valence-electron chi connectivity index (χ1n) is 5.03. The molecule has 1 amide bonds. The molecule has 4 heteroatoms. The monoisotopic (exact) mass is 224 g/mol. The first-order valence-corrected chi connectivity index (χ1v) is 5.41. The molecule has 1 aromatic rings. The van der Waals surface area contributed by atoms with Crippen LogP contribution >= 0.6 is 11.6 Å². The summed E-state index contributed by atoms with van der Waals surface area (Å²) in [4.78, 5) is 15.9. The van der Waals surface area contributed by atoms with Crippen molar-refractivity contribution in [2.45, 2.75) is 24.7 Å². The molecule has 0 aromatic carbocycles. The summed E-state index contributed by atoms with van der Waals surface area (Å²) in [5, 5.41) is 3.18. The number of nitrogens with one attached hydrogen (secondary N) is 1. The van der Waals surface area contributed by atoms with Crippen LogP contribution in [0.2, 0.25) is 5.15 Å². The van der Waals surface area contributed by atoms with E-state index < -0.39 is 0 Å². The van der Waals surface area contributed by atoms with Gasteiger partial charge in [0.2, 0.25) is 5.91 Å². The summed E-state index contributed by atoms with van der Waals surface area (Å²) in [5.41, 5.74) is 0.615. The van der Waals surface area contributed by atoms with Crippen molar-refractivity contribution >= 4 is 17.5 Å².